The maximum Gasteiger partial charge on any atom is 0.0721 e. The van der Waals surface area contributed by atoms with Crippen LogP contribution in [0.3, 0.4) is 0 Å². The van der Waals surface area contributed by atoms with Crippen molar-refractivity contribution < 1.29 is 0 Å². The minimum Gasteiger partial charge on any atom is -0.271 e. The fourth-order valence-corrected chi connectivity index (χ4v) is 2.67. The molecule has 0 heterocycles. The van der Waals surface area contributed by atoms with E-state index in [1.807, 2.05) is 0 Å². The molecule has 3 heteroatoms. The van der Waals surface area contributed by atoms with Crippen molar-refractivity contribution in [2.75, 3.05) is 0 Å². The number of hydrazine groups is 1. The Morgan fingerprint density at radius 1 is 1.16 bits per heavy atom. The van der Waals surface area contributed by atoms with E-state index in [0.29, 0.717) is 0 Å². The van der Waals surface area contributed by atoms with Crippen LogP contribution >= 0.6 is 15.9 Å². The highest BCUT2D eigenvalue weighted by molar-refractivity contribution is 9.10. The number of halogens is 1. The van der Waals surface area contributed by atoms with Crippen LogP contribution in [0.4, 0.5) is 0 Å². The summed E-state index contributed by atoms with van der Waals surface area (Å²) in [6.07, 6.45) is 1.05. The Kier molecular flexibility index (Phi) is 4.75. The molecule has 1 unspecified atom stereocenters. The van der Waals surface area contributed by atoms with Crippen LogP contribution in [0.2, 0.25) is 0 Å². The van der Waals surface area contributed by atoms with Crippen molar-refractivity contribution in [2.45, 2.75) is 26.3 Å². The first kappa shape index (κ1) is 14.3. The van der Waals surface area contributed by atoms with Gasteiger partial charge in [-0.2, -0.15) is 0 Å². The Balaban J connectivity index is 2.40. The maximum atomic E-state index is 5.76. The van der Waals surface area contributed by atoms with Crippen LogP contribution in [0.15, 0.2) is 46.9 Å². The molecule has 0 aliphatic heterocycles. The van der Waals surface area contributed by atoms with E-state index < -0.39 is 0 Å². The first-order chi connectivity index (χ1) is 9.15. The van der Waals surface area contributed by atoms with Crippen molar-refractivity contribution in [2.24, 2.45) is 5.84 Å². The van der Waals surface area contributed by atoms with Gasteiger partial charge in [0.05, 0.1) is 6.04 Å². The van der Waals surface area contributed by atoms with E-state index in [-0.39, 0.29) is 6.04 Å². The Hall–Kier alpha value is -1.16. The first-order valence-electron chi connectivity index (χ1n) is 6.46. The molecule has 0 amide bonds. The second kappa shape index (κ2) is 6.33. The molecule has 0 aliphatic rings. The number of hydrogen-bond acceptors (Lipinski definition) is 2. The predicted octanol–water partition coefficient (Wildman–Crippen LogP) is 3.87. The third-order valence-corrected chi connectivity index (χ3v) is 4.07. The topological polar surface area (TPSA) is 38.0 Å². The molecular weight excluding hydrogens is 300 g/mol. The zero-order valence-corrected chi connectivity index (χ0v) is 12.9. The fraction of sp³-hybridized carbons (Fsp3) is 0.250. The highest BCUT2D eigenvalue weighted by Crippen LogP contribution is 2.29. The van der Waals surface area contributed by atoms with E-state index >= 15 is 0 Å². The summed E-state index contributed by atoms with van der Waals surface area (Å²) >= 11 is 3.60. The lowest BCUT2D eigenvalue weighted by molar-refractivity contribution is 0.634. The zero-order chi connectivity index (χ0) is 13.8. The van der Waals surface area contributed by atoms with Crippen LogP contribution < -0.4 is 11.3 Å². The number of rotatable bonds is 4. The molecule has 0 radical (unpaired) electrons. The largest absolute Gasteiger partial charge is 0.271 e. The van der Waals surface area contributed by atoms with Crippen molar-refractivity contribution in [3.63, 3.8) is 0 Å². The highest BCUT2D eigenvalue weighted by Gasteiger charge is 2.15. The molecule has 0 aliphatic carbocycles. The van der Waals surface area contributed by atoms with Gasteiger partial charge in [-0.1, -0.05) is 64.8 Å². The van der Waals surface area contributed by atoms with Crippen LogP contribution in [0.5, 0.6) is 0 Å². The molecule has 0 saturated heterocycles. The van der Waals surface area contributed by atoms with Gasteiger partial charge >= 0.3 is 0 Å². The quantitative estimate of drug-likeness (QED) is 0.663. The Labute approximate surface area is 123 Å². The number of benzene rings is 2. The zero-order valence-electron chi connectivity index (χ0n) is 11.3. The Morgan fingerprint density at radius 2 is 1.84 bits per heavy atom. The van der Waals surface area contributed by atoms with Gasteiger partial charge in [0.15, 0.2) is 0 Å². The Morgan fingerprint density at radius 3 is 2.42 bits per heavy atom. The molecule has 3 N–H and O–H groups in total. The standard InChI is InChI=1S/C16H19BrN2/c1-3-12-5-7-13(8-6-12)16(19-18)14-10-11(2)4-9-15(14)17/h4-10,16,19H,3,18H2,1-2H3. The summed E-state index contributed by atoms with van der Waals surface area (Å²) in [6.45, 7) is 4.24. The van der Waals surface area contributed by atoms with Crippen molar-refractivity contribution in [3.8, 4) is 0 Å². The summed E-state index contributed by atoms with van der Waals surface area (Å²) in [7, 11) is 0. The van der Waals surface area contributed by atoms with Gasteiger partial charge in [-0.25, -0.2) is 5.43 Å². The van der Waals surface area contributed by atoms with E-state index in [1.165, 1.54) is 16.7 Å². The lowest BCUT2D eigenvalue weighted by atomic mass is 9.97. The van der Waals surface area contributed by atoms with Gasteiger partial charge in [0.1, 0.15) is 0 Å². The molecule has 2 nitrogen and oxygen atoms in total. The molecule has 19 heavy (non-hydrogen) atoms. The summed E-state index contributed by atoms with van der Waals surface area (Å²) in [5, 5.41) is 0. The van der Waals surface area contributed by atoms with Crippen molar-refractivity contribution >= 4 is 15.9 Å². The number of nitrogens with one attached hydrogen (secondary N) is 1. The lowest BCUT2D eigenvalue weighted by Crippen LogP contribution is -2.29. The van der Waals surface area contributed by atoms with Gasteiger partial charge in [0, 0.05) is 4.47 Å². The fourth-order valence-electron chi connectivity index (χ4n) is 2.20. The second-order valence-electron chi connectivity index (χ2n) is 4.72. The van der Waals surface area contributed by atoms with Crippen LogP contribution in [0.25, 0.3) is 0 Å². The van der Waals surface area contributed by atoms with E-state index in [0.717, 1.165) is 16.5 Å². The molecule has 2 rings (SSSR count). The monoisotopic (exact) mass is 318 g/mol. The molecule has 0 saturated carbocycles. The molecule has 0 spiro atoms. The van der Waals surface area contributed by atoms with E-state index in [9.17, 15) is 0 Å². The molecule has 2 aromatic carbocycles. The molecule has 100 valence electrons. The van der Waals surface area contributed by atoms with Crippen molar-refractivity contribution in [3.05, 3.63) is 69.2 Å². The Bertz CT molecular complexity index is 549. The van der Waals surface area contributed by atoms with Gasteiger partial charge in [0.2, 0.25) is 0 Å². The van der Waals surface area contributed by atoms with Crippen LogP contribution in [0.1, 0.15) is 35.2 Å². The van der Waals surface area contributed by atoms with Crippen LogP contribution in [0, 0.1) is 6.92 Å². The third kappa shape index (κ3) is 3.24. The molecule has 0 aromatic heterocycles. The van der Waals surface area contributed by atoms with Gasteiger partial charge in [-0.3, -0.25) is 5.84 Å². The smallest absolute Gasteiger partial charge is 0.0721 e. The van der Waals surface area contributed by atoms with E-state index in [4.69, 9.17) is 5.84 Å². The summed E-state index contributed by atoms with van der Waals surface area (Å²) in [4.78, 5) is 0. The first-order valence-corrected chi connectivity index (χ1v) is 7.26. The van der Waals surface area contributed by atoms with E-state index in [1.54, 1.807) is 0 Å². The SMILES string of the molecule is CCc1ccc(C(NN)c2cc(C)ccc2Br)cc1. The average molecular weight is 319 g/mol. The van der Waals surface area contributed by atoms with Crippen LogP contribution in [-0.4, -0.2) is 0 Å². The molecule has 0 bridgehead atoms. The number of hydrogen-bond donors (Lipinski definition) is 2. The normalized spacial score (nSPS) is 12.4. The molecule has 1 atom stereocenters. The molecule has 2 aromatic rings. The van der Waals surface area contributed by atoms with Gasteiger partial charge < -0.3 is 0 Å². The minimum atomic E-state index is 0.000168. The van der Waals surface area contributed by atoms with Gasteiger partial charge in [-0.05, 0) is 36.1 Å². The summed E-state index contributed by atoms with van der Waals surface area (Å²) in [5.74, 6) is 5.76. The average Bonchev–Trinajstić information content (AvgIpc) is 2.44. The maximum absolute atomic E-state index is 5.76. The van der Waals surface area contributed by atoms with Crippen molar-refractivity contribution in [1.82, 2.24) is 5.43 Å². The number of aryl methyl sites for hydroxylation is 2. The second-order valence-corrected chi connectivity index (χ2v) is 5.57. The lowest BCUT2D eigenvalue weighted by Gasteiger charge is -2.19. The number of nitrogens with two attached hydrogens (primary N) is 1. The molecular formula is C16H19BrN2. The summed E-state index contributed by atoms with van der Waals surface area (Å²) < 4.78 is 1.07. The minimum absolute atomic E-state index is 0.000168. The molecule has 0 fully saturated rings. The summed E-state index contributed by atoms with van der Waals surface area (Å²) in [6, 6.07) is 14.9. The highest BCUT2D eigenvalue weighted by atomic mass is 79.9. The summed E-state index contributed by atoms with van der Waals surface area (Å²) in [5.41, 5.74) is 7.80. The van der Waals surface area contributed by atoms with Crippen LogP contribution in [-0.2, 0) is 6.42 Å². The van der Waals surface area contributed by atoms with E-state index in [2.05, 4.69) is 77.7 Å². The third-order valence-electron chi connectivity index (χ3n) is 3.35. The van der Waals surface area contributed by atoms with Gasteiger partial charge in [0.25, 0.3) is 0 Å². The predicted molar refractivity (Wildman–Crippen MR) is 83.9 cm³/mol. The van der Waals surface area contributed by atoms with Gasteiger partial charge in [-0.15, -0.1) is 0 Å². The van der Waals surface area contributed by atoms with Crippen molar-refractivity contribution in [1.29, 1.82) is 0 Å².